The first-order valence-corrected chi connectivity index (χ1v) is 6.09. The summed E-state index contributed by atoms with van der Waals surface area (Å²) in [5.74, 6) is -0.232. The molecule has 104 valence electrons. The first-order chi connectivity index (χ1) is 10.2. The molecule has 21 heavy (non-hydrogen) atoms. The molecule has 3 rings (SSSR count). The second-order valence-corrected chi connectivity index (χ2v) is 4.24. The van der Waals surface area contributed by atoms with Gasteiger partial charge in [0.1, 0.15) is 22.8 Å². The highest BCUT2D eigenvalue weighted by Crippen LogP contribution is 2.21. The zero-order valence-corrected chi connectivity index (χ0v) is 10.7. The van der Waals surface area contributed by atoms with Gasteiger partial charge in [0.25, 0.3) is 5.56 Å². The number of hydrogen-bond acceptors (Lipinski definition) is 4. The van der Waals surface area contributed by atoms with Crippen LogP contribution in [0.15, 0.2) is 53.5 Å². The van der Waals surface area contributed by atoms with Crippen molar-refractivity contribution in [1.29, 1.82) is 0 Å². The number of nitrogens with zero attached hydrogens (tertiary/aromatic N) is 2. The van der Waals surface area contributed by atoms with Gasteiger partial charge in [-0.1, -0.05) is 6.07 Å². The molecule has 2 heterocycles. The summed E-state index contributed by atoms with van der Waals surface area (Å²) in [6.07, 6.45) is 1.91. The first-order valence-electron chi connectivity index (χ1n) is 6.09. The maximum absolute atomic E-state index is 12.9. The molecule has 2 aromatic heterocycles. The quantitative estimate of drug-likeness (QED) is 0.693. The van der Waals surface area contributed by atoms with E-state index in [2.05, 4.69) is 4.98 Å². The number of carbonyl (C=O) groups excluding carboxylic acids is 1. The number of hydrogen-bond donors (Lipinski definition) is 0. The zero-order chi connectivity index (χ0) is 14.8. The molecule has 5 nitrogen and oxygen atoms in total. The van der Waals surface area contributed by atoms with Gasteiger partial charge in [-0.3, -0.25) is 14.0 Å². The number of carbonyl (C=O) groups is 1. The minimum atomic E-state index is -0.521. The smallest absolute Gasteiger partial charge is 0.272 e. The van der Waals surface area contributed by atoms with Gasteiger partial charge in [0.15, 0.2) is 6.29 Å². The van der Waals surface area contributed by atoms with Crippen LogP contribution in [-0.4, -0.2) is 15.7 Å². The van der Waals surface area contributed by atoms with Crippen LogP contribution in [0, 0.1) is 5.82 Å². The van der Waals surface area contributed by atoms with Crippen molar-refractivity contribution in [2.24, 2.45) is 0 Å². The van der Waals surface area contributed by atoms with Crippen LogP contribution in [0.5, 0.6) is 11.6 Å². The number of aromatic nitrogens is 2. The molecule has 0 bridgehead atoms. The van der Waals surface area contributed by atoms with Gasteiger partial charge in [0.2, 0.25) is 5.88 Å². The van der Waals surface area contributed by atoms with E-state index in [1.165, 1.54) is 34.9 Å². The molecular formula is C15H9FN2O3. The predicted molar refractivity (Wildman–Crippen MR) is 73.3 cm³/mol. The zero-order valence-electron chi connectivity index (χ0n) is 10.7. The summed E-state index contributed by atoms with van der Waals surface area (Å²) >= 11 is 0. The van der Waals surface area contributed by atoms with E-state index in [1.807, 2.05) is 0 Å². The number of aldehydes is 1. The Morgan fingerprint density at radius 2 is 1.90 bits per heavy atom. The number of benzene rings is 1. The monoisotopic (exact) mass is 284 g/mol. The molecule has 0 saturated heterocycles. The van der Waals surface area contributed by atoms with E-state index < -0.39 is 11.4 Å². The molecule has 0 saturated carbocycles. The molecule has 0 amide bonds. The van der Waals surface area contributed by atoms with Crippen molar-refractivity contribution in [2.45, 2.75) is 0 Å². The summed E-state index contributed by atoms with van der Waals surface area (Å²) < 4.78 is 19.5. The second-order valence-electron chi connectivity index (χ2n) is 4.24. The van der Waals surface area contributed by atoms with Crippen molar-refractivity contribution >= 4 is 11.9 Å². The van der Waals surface area contributed by atoms with E-state index in [-0.39, 0.29) is 17.2 Å². The summed E-state index contributed by atoms with van der Waals surface area (Å²) in [6, 6.07) is 10.2. The molecule has 0 aliphatic heterocycles. The van der Waals surface area contributed by atoms with Crippen molar-refractivity contribution in [3.8, 4) is 11.6 Å². The van der Waals surface area contributed by atoms with Crippen LogP contribution < -0.4 is 10.3 Å². The average Bonchev–Trinajstić information content (AvgIpc) is 2.50. The molecule has 0 atom stereocenters. The molecule has 1 aromatic carbocycles. The van der Waals surface area contributed by atoms with Gasteiger partial charge in [-0.25, -0.2) is 4.39 Å². The third-order valence-electron chi connectivity index (χ3n) is 2.88. The van der Waals surface area contributed by atoms with Crippen molar-refractivity contribution in [3.05, 3.63) is 70.4 Å². The fraction of sp³-hybridized carbons (Fsp3) is 0. The Hall–Kier alpha value is -3.02. The lowest BCUT2D eigenvalue weighted by Gasteiger charge is -2.08. The third kappa shape index (κ3) is 2.38. The van der Waals surface area contributed by atoms with Gasteiger partial charge in [-0.15, -0.1) is 0 Å². The Morgan fingerprint density at radius 1 is 1.14 bits per heavy atom. The molecule has 3 aromatic rings. The van der Waals surface area contributed by atoms with E-state index in [0.717, 1.165) is 0 Å². The van der Waals surface area contributed by atoms with Crippen molar-refractivity contribution in [1.82, 2.24) is 9.38 Å². The van der Waals surface area contributed by atoms with Crippen LogP contribution in [-0.2, 0) is 0 Å². The lowest BCUT2D eigenvalue weighted by atomic mass is 10.3. The van der Waals surface area contributed by atoms with Crippen molar-refractivity contribution < 1.29 is 13.9 Å². The summed E-state index contributed by atoms with van der Waals surface area (Å²) in [5.41, 5.74) is -0.360. The molecule has 0 aliphatic carbocycles. The minimum absolute atomic E-state index is 0.104. The molecular weight excluding hydrogens is 275 g/mol. The fourth-order valence-electron chi connectivity index (χ4n) is 1.88. The van der Waals surface area contributed by atoms with Crippen LogP contribution in [0.3, 0.4) is 0 Å². The van der Waals surface area contributed by atoms with Crippen LogP contribution in [0.25, 0.3) is 5.65 Å². The van der Waals surface area contributed by atoms with Gasteiger partial charge in [-0.05, 0) is 36.4 Å². The molecule has 0 aliphatic rings. The SMILES string of the molecule is O=Cc1c(Oc2ccc(F)cc2)nc2ccccn2c1=O. The van der Waals surface area contributed by atoms with E-state index in [1.54, 1.807) is 18.2 Å². The maximum atomic E-state index is 12.9. The fourth-order valence-corrected chi connectivity index (χ4v) is 1.88. The van der Waals surface area contributed by atoms with Crippen molar-refractivity contribution in [3.63, 3.8) is 0 Å². The Bertz CT molecular complexity index is 872. The number of ether oxygens (including phenoxy) is 1. The van der Waals surface area contributed by atoms with Gasteiger partial charge >= 0.3 is 0 Å². The van der Waals surface area contributed by atoms with Crippen LogP contribution >= 0.6 is 0 Å². The highest BCUT2D eigenvalue weighted by molar-refractivity contribution is 5.78. The van der Waals surface area contributed by atoms with Crippen molar-refractivity contribution in [2.75, 3.05) is 0 Å². The minimum Gasteiger partial charge on any atom is -0.438 e. The number of fused-ring (bicyclic) bond motifs is 1. The maximum Gasteiger partial charge on any atom is 0.272 e. The normalized spacial score (nSPS) is 10.5. The molecule has 0 radical (unpaired) electrons. The summed E-state index contributed by atoms with van der Waals surface area (Å²) in [6.45, 7) is 0. The largest absolute Gasteiger partial charge is 0.438 e. The highest BCUT2D eigenvalue weighted by Gasteiger charge is 2.14. The number of pyridine rings is 1. The Morgan fingerprint density at radius 3 is 2.62 bits per heavy atom. The van der Waals surface area contributed by atoms with Gasteiger partial charge in [0.05, 0.1) is 0 Å². The van der Waals surface area contributed by atoms with Crippen LogP contribution in [0.4, 0.5) is 4.39 Å². The van der Waals surface area contributed by atoms with E-state index in [4.69, 9.17) is 4.74 Å². The summed E-state index contributed by atoms with van der Waals surface area (Å²) in [4.78, 5) is 27.5. The first kappa shape index (κ1) is 13.0. The lowest BCUT2D eigenvalue weighted by molar-refractivity contribution is 0.111. The lowest BCUT2D eigenvalue weighted by Crippen LogP contribution is -2.20. The molecule has 6 heteroatoms. The Labute approximate surface area is 118 Å². The average molecular weight is 284 g/mol. The van der Waals surface area contributed by atoms with Gasteiger partial charge < -0.3 is 4.74 Å². The predicted octanol–water partition coefficient (Wildman–Crippen LogP) is 2.44. The van der Waals surface area contributed by atoms with E-state index >= 15 is 0 Å². The molecule has 0 spiro atoms. The highest BCUT2D eigenvalue weighted by atomic mass is 19.1. The summed E-state index contributed by atoms with van der Waals surface area (Å²) in [7, 11) is 0. The summed E-state index contributed by atoms with van der Waals surface area (Å²) in [5, 5.41) is 0. The molecule has 0 N–H and O–H groups in total. The number of halogens is 1. The third-order valence-corrected chi connectivity index (χ3v) is 2.88. The molecule has 0 unspecified atom stereocenters. The standard InChI is InChI=1S/C15H9FN2O3/c16-10-4-6-11(7-5-10)21-14-12(9-19)15(20)18-8-2-1-3-13(18)17-14/h1-9H. The topological polar surface area (TPSA) is 60.7 Å². The van der Waals surface area contributed by atoms with E-state index in [9.17, 15) is 14.0 Å². The van der Waals surface area contributed by atoms with E-state index in [0.29, 0.717) is 11.9 Å². The Balaban J connectivity index is 2.15. The van der Waals surface area contributed by atoms with Crippen LogP contribution in [0.2, 0.25) is 0 Å². The number of rotatable bonds is 3. The second kappa shape index (κ2) is 5.16. The van der Waals surface area contributed by atoms with Gasteiger partial charge in [-0.2, -0.15) is 4.98 Å². The molecule has 0 fully saturated rings. The Kier molecular flexibility index (Phi) is 3.19. The van der Waals surface area contributed by atoms with Crippen LogP contribution in [0.1, 0.15) is 10.4 Å². The van der Waals surface area contributed by atoms with Gasteiger partial charge in [0, 0.05) is 6.20 Å².